The highest BCUT2D eigenvalue weighted by atomic mass is 19.3. The summed E-state index contributed by atoms with van der Waals surface area (Å²) in [5, 5.41) is 0. The number of carbonyl (C=O) groups excluding carboxylic acids is 2. The number of ketones is 2. The van der Waals surface area contributed by atoms with Crippen LogP contribution in [-0.4, -0.2) is 24.9 Å². The first-order valence-corrected chi connectivity index (χ1v) is 8.77. The molecule has 0 amide bonds. The molecule has 2 aromatic carbocycles. The summed E-state index contributed by atoms with van der Waals surface area (Å²) in [6, 6.07) is 12.0. The number of benzene rings is 2. The summed E-state index contributed by atoms with van der Waals surface area (Å²) in [5.74, 6) is -0.771. The summed E-state index contributed by atoms with van der Waals surface area (Å²) in [6.07, 6.45) is 2.35. The van der Waals surface area contributed by atoms with Gasteiger partial charge in [-0.05, 0) is 67.0 Å². The van der Waals surface area contributed by atoms with Gasteiger partial charge < -0.3 is 4.74 Å². The van der Waals surface area contributed by atoms with Crippen LogP contribution in [0.3, 0.4) is 0 Å². The van der Waals surface area contributed by atoms with E-state index in [2.05, 4.69) is 4.74 Å². The van der Waals surface area contributed by atoms with Crippen molar-refractivity contribution in [3.63, 3.8) is 0 Å². The van der Waals surface area contributed by atoms with E-state index in [1.54, 1.807) is 18.2 Å². The second-order valence-electron chi connectivity index (χ2n) is 6.70. The second kappa shape index (κ2) is 8.37. The van der Waals surface area contributed by atoms with Gasteiger partial charge in [-0.15, -0.1) is 0 Å². The number of alkyl halides is 3. The largest absolute Gasteiger partial charge is 0.435 e. The van der Waals surface area contributed by atoms with Gasteiger partial charge in [0.1, 0.15) is 5.75 Å². The minimum atomic E-state index is -2.95. The molecule has 1 aliphatic carbocycles. The molecule has 2 aromatic rings. The zero-order valence-electron chi connectivity index (χ0n) is 14.5. The molecule has 0 aliphatic heterocycles. The van der Waals surface area contributed by atoms with Crippen molar-refractivity contribution in [2.75, 3.05) is 6.67 Å². The highest BCUT2D eigenvalue weighted by molar-refractivity contribution is 6.49. The molecule has 0 atom stereocenters. The van der Waals surface area contributed by atoms with Gasteiger partial charge in [0.05, 0.1) is 6.67 Å². The van der Waals surface area contributed by atoms with Gasteiger partial charge in [-0.3, -0.25) is 14.0 Å². The van der Waals surface area contributed by atoms with E-state index in [-0.39, 0.29) is 23.9 Å². The molecule has 0 saturated heterocycles. The lowest BCUT2D eigenvalue weighted by Gasteiger charge is -2.35. The Labute approximate surface area is 155 Å². The van der Waals surface area contributed by atoms with Gasteiger partial charge in [-0.1, -0.05) is 18.2 Å². The van der Waals surface area contributed by atoms with Crippen LogP contribution in [0.4, 0.5) is 13.2 Å². The van der Waals surface area contributed by atoms with Crippen LogP contribution in [-0.2, 0) is 0 Å². The first-order valence-electron chi connectivity index (χ1n) is 8.77. The second-order valence-corrected chi connectivity index (χ2v) is 6.70. The highest BCUT2D eigenvalue weighted by Crippen LogP contribution is 2.43. The number of ether oxygens (including phenoxy) is 1. The Hall–Kier alpha value is -2.63. The molecular formula is C21H19F3O3. The Morgan fingerprint density at radius 2 is 1.67 bits per heavy atom. The van der Waals surface area contributed by atoms with Gasteiger partial charge in [0.25, 0.3) is 0 Å². The van der Waals surface area contributed by atoms with Crippen LogP contribution in [0, 0.1) is 5.92 Å². The summed E-state index contributed by atoms with van der Waals surface area (Å²) in [7, 11) is 0. The van der Waals surface area contributed by atoms with Crippen molar-refractivity contribution in [1.29, 1.82) is 0 Å². The van der Waals surface area contributed by atoms with Crippen molar-refractivity contribution in [1.82, 2.24) is 0 Å². The Balaban J connectivity index is 1.68. The third kappa shape index (κ3) is 4.56. The molecule has 3 rings (SSSR count). The standard InChI is InChI=1S/C21H19F3O3/c22-9-8-13-10-17(11-13)15-2-1-3-16(12-15)20(26)19(25)14-4-6-18(7-5-14)27-21(23)24/h1-7,12-13,17,21H,8-11H2. The van der Waals surface area contributed by atoms with Gasteiger partial charge in [-0.25, -0.2) is 0 Å². The monoisotopic (exact) mass is 376 g/mol. The molecule has 0 spiro atoms. The first kappa shape index (κ1) is 19.1. The Morgan fingerprint density at radius 1 is 1.00 bits per heavy atom. The van der Waals surface area contributed by atoms with Crippen LogP contribution >= 0.6 is 0 Å². The number of carbonyl (C=O) groups is 2. The molecule has 3 nitrogen and oxygen atoms in total. The molecule has 1 fully saturated rings. The lowest BCUT2D eigenvalue weighted by Crippen LogP contribution is -2.23. The normalized spacial score (nSPS) is 18.8. The summed E-state index contributed by atoms with van der Waals surface area (Å²) in [4.78, 5) is 24.9. The molecule has 0 radical (unpaired) electrons. The van der Waals surface area contributed by atoms with Crippen LogP contribution in [0.25, 0.3) is 0 Å². The zero-order chi connectivity index (χ0) is 19.4. The van der Waals surface area contributed by atoms with E-state index in [9.17, 15) is 22.8 Å². The third-order valence-corrected chi connectivity index (χ3v) is 4.92. The minimum absolute atomic E-state index is 0.0798. The molecule has 27 heavy (non-hydrogen) atoms. The fourth-order valence-corrected chi connectivity index (χ4v) is 3.38. The number of halogens is 3. The fourth-order valence-electron chi connectivity index (χ4n) is 3.38. The molecule has 0 bridgehead atoms. The lowest BCUT2D eigenvalue weighted by molar-refractivity contribution is -0.0498. The van der Waals surface area contributed by atoms with Gasteiger partial charge in [0, 0.05) is 11.1 Å². The van der Waals surface area contributed by atoms with Crippen LogP contribution < -0.4 is 4.74 Å². The van der Waals surface area contributed by atoms with E-state index >= 15 is 0 Å². The van der Waals surface area contributed by atoms with E-state index in [0.717, 1.165) is 18.4 Å². The molecular weight excluding hydrogens is 357 g/mol. The van der Waals surface area contributed by atoms with Crippen LogP contribution in [0.2, 0.25) is 0 Å². The maximum atomic E-state index is 12.5. The van der Waals surface area contributed by atoms with E-state index in [1.165, 1.54) is 24.3 Å². The van der Waals surface area contributed by atoms with Crippen LogP contribution in [0.15, 0.2) is 48.5 Å². The molecule has 0 aromatic heterocycles. The summed E-state index contributed by atoms with van der Waals surface area (Å²) >= 11 is 0. The van der Waals surface area contributed by atoms with Crippen LogP contribution in [0.5, 0.6) is 5.75 Å². The average molecular weight is 376 g/mol. The molecule has 142 valence electrons. The Kier molecular flexibility index (Phi) is 5.94. The van der Waals surface area contributed by atoms with Crippen molar-refractivity contribution in [3.8, 4) is 5.75 Å². The Bertz CT molecular complexity index is 812. The summed E-state index contributed by atoms with van der Waals surface area (Å²) in [6.45, 7) is -3.27. The number of rotatable bonds is 8. The fraction of sp³-hybridized carbons (Fsp3) is 0.333. The Morgan fingerprint density at radius 3 is 2.30 bits per heavy atom. The molecule has 0 N–H and O–H groups in total. The first-order chi connectivity index (χ1) is 13.0. The van der Waals surface area contributed by atoms with Gasteiger partial charge in [0.2, 0.25) is 11.6 Å². The van der Waals surface area contributed by atoms with Crippen molar-refractivity contribution >= 4 is 11.6 Å². The molecule has 0 heterocycles. The summed E-state index contributed by atoms with van der Waals surface area (Å²) < 4.78 is 40.9. The van der Waals surface area contributed by atoms with Crippen molar-refractivity contribution in [2.24, 2.45) is 5.92 Å². The van der Waals surface area contributed by atoms with Crippen molar-refractivity contribution < 1.29 is 27.5 Å². The van der Waals surface area contributed by atoms with Gasteiger partial charge in [0.15, 0.2) is 0 Å². The zero-order valence-corrected chi connectivity index (χ0v) is 14.5. The predicted octanol–water partition coefficient (Wildman–Crippen LogP) is 5.21. The quantitative estimate of drug-likeness (QED) is 0.469. The molecule has 1 saturated carbocycles. The van der Waals surface area contributed by atoms with Crippen LogP contribution in [0.1, 0.15) is 51.5 Å². The SMILES string of the molecule is O=C(C(=O)c1cccc(C2CC(CCF)C2)c1)c1ccc(OC(F)F)cc1. The smallest absolute Gasteiger partial charge is 0.387 e. The van der Waals surface area contributed by atoms with E-state index < -0.39 is 18.2 Å². The van der Waals surface area contributed by atoms with Gasteiger partial charge in [-0.2, -0.15) is 8.78 Å². The topological polar surface area (TPSA) is 43.4 Å². The number of hydrogen-bond acceptors (Lipinski definition) is 3. The maximum absolute atomic E-state index is 12.5. The molecule has 0 unspecified atom stereocenters. The van der Waals surface area contributed by atoms with Crippen molar-refractivity contribution in [2.45, 2.75) is 31.8 Å². The van der Waals surface area contributed by atoms with Crippen molar-refractivity contribution in [3.05, 3.63) is 65.2 Å². The maximum Gasteiger partial charge on any atom is 0.387 e. The van der Waals surface area contributed by atoms with E-state index in [4.69, 9.17) is 0 Å². The predicted molar refractivity (Wildman–Crippen MR) is 94.2 cm³/mol. The molecule has 6 heteroatoms. The average Bonchev–Trinajstić information content (AvgIpc) is 2.63. The third-order valence-electron chi connectivity index (χ3n) is 4.92. The van der Waals surface area contributed by atoms with Gasteiger partial charge >= 0.3 is 6.61 Å². The number of hydrogen-bond donors (Lipinski definition) is 0. The lowest BCUT2D eigenvalue weighted by atomic mass is 9.70. The summed E-state index contributed by atoms with van der Waals surface area (Å²) in [5.41, 5.74) is 1.38. The van der Waals surface area contributed by atoms with E-state index in [0.29, 0.717) is 17.9 Å². The van der Waals surface area contributed by atoms with E-state index in [1.807, 2.05) is 6.07 Å². The minimum Gasteiger partial charge on any atom is -0.435 e. The molecule has 1 aliphatic rings. The number of Topliss-reactive ketones (excluding diaryl/α,β-unsaturated/α-hetero) is 2. The highest BCUT2D eigenvalue weighted by Gasteiger charge is 2.30.